The number of methoxy groups -OCH3 is 1. The van der Waals surface area contributed by atoms with Gasteiger partial charge < -0.3 is 4.74 Å². The number of hydrogen-bond acceptors (Lipinski definition) is 3. The maximum Gasteiger partial charge on any atom is 0.356 e. The van der Waals surface area contributed by atoms with E-state index in [-0.39, 0.29) is 0 Å². The monoisotopic (exact) mass is 243 g/mol. The zero-order chi connectivity index (χ0) is 13.1. The van der Waals surface area contributed by atoms with E-state index in [1.54, 1.807) is 6.07 Å². The van der Waals surface area contributed by atoms with Crippen molar-refractivity contribution in [2.24, 2.45) is 0 Å². The van der Waals surface area contributed by atoms with E-state index in [2.05, 4.69) is 35.7 Å². The van der Waals surface area contributed by atoms with Gasteiger partial charge in [-0.15, -0.1) is 0 Å². The van der Waals surface area contributed by atoms with E-state index in [4.69, 9.17) is 0 Å². The minimum absolute atomic E-state index is 0.348. The van der Waals surface area contributed by atoms with E-state index in [1.165, 1.54) is 12.7 Å². The molecule has 3 heteroatoms. The van der Waals surface area contributed by atoms with Gasteiger partial charge in [-0.3, -0.25) is 0 Å². The van der Waals surface area contributed by atoms with Crippen LogP contribution in [0.2, 0.25) is 0 Å². The minimum Gasteiger partial charge on any atom is -0.464 e. The van der Waals surface area contributed by atoms with Gasteiger partial charge in [0.2, 0.25) is 0 Å². The second-order valence-corrected chi connectivity index (χ2v) is 4.45. The van der Waals surface area contributed by atoms with Crippen molar-refractivity contribution < 1.29 is 9.53 Å². The molecule has 1 unspecified atom stereocenters. The first-order valence-corrected chi connectivity index (χ1v) is 6.14. The number of esters is 1. The molecule has 0 spiro atoms. The highest BCUT2D eigenvalue weighted by atomic mass is 16.5. The fourth-order valence-corrected chi connectivity index (χ4v) is 1.90. The predicted molar refractivity (Wildman–Crippen MR) is 71.8 cm³/mol. The Morgan fingerprint density at radius 2 is 2.11 bits per heavy atom. The van der Waals surface area contributed by atoms with Crippen molar-refractivity contribution in [2.75, 3.05) is 7.11 Å². The van der Waals surface area contributed by atoms with Crippen LogP contribution in [-0.4, -0.2) is 18.1 Å². The Balaban J connectivity index is 2.45. The standard InChI is InChI=1S/C15H17NO2/c1-4-10(2)11-5-7-13-12(9-11)6-8-14(16-13)15(17)18-3/h5-10H,4H2,1-3H3. The highest BCUT2D eigenvalue weighted by Gasteiger charge is 2.09. The molecule has 0 saturated carbocycles. The molecule has 0 aliphatic carbocycles. The molecule has 0 radical (unpaired) electrons. The quantitative estimate of drug-likeness (QED) is 0.774. The largest absolute Gasteiger partial charge is 0.464 e. The lowest BCUT2D eigenvalue weighted by molar-refractivity contribution is 0.0594. The maximum atomic E-state index is 11.4. The van der Waals surface area contributed by atoms with E-state index in [9.17, 15) is 4.79 Å². The number of fused-ring (bicyclic) bond motifs is 1. The van der Waals surface area contributed by atoms with E-state index >= 15 is 0 Å². The van der Waals surface area contributed by atoms with E-state index in [0.29, 0.717) is 11.6 Å². The Morgan fingerprint density at radius 1 is 1.33 bits per heavy atom. The third kappa shape index (κ3) is 2.35. The van der Waals surface area contributed by atoms with Gasteiger partial charge in [0.05, 0.1) is 12.6 Å². The van der Waals surface area contributed by atoms with E-state index < -0.39 is 5.97 Å². The molecule has 18 heavy (non-hydrogen) atoms. The first-order valence-electron chi connectivity index (χ1n) is 6.14. The number of carbonyl (C=O) groups is 1. The Hall–Kier alpha value is -1.90. The second-order valence-electron chi connectivity index (χ2n) is 4.45. The number of benzene rings is 1. The summed E-state index contributed by atoms with van der Waals surface area (Å²) in [4.78, 5) is 15.7. The van der Waals surface area contributed by atoms with Gasteiger partial charge in [-0.2, -0.15) is 0 Å². The van der Waals surface area contributed by atoms with Gasteiger partial charge >= 0.3 is 5.97 Å². The third-order valence-corrected chi connectivity index (χ3v) is 3.29. The Kier molecular flexibility index (Phi) is 3.60. The van der Waals surface area contributed by atoms with Crippen molar-refractivity contribution in [2.45, 2.75) is 26.2 Å². The molecule has 0 aliphatic rings. The van der Waals surface area contributed by atoms with Gasteiger partial charge in [-0.1, -0.05) is 26.0 Å². The molecule has 0 saturated heterocycles. The number of ether oxygens (including phenoxy) is 1. The Morgan fingerprint density at radius 3 is 2.78 bits per heavy atom. The molecule has 0 bridgehead atoms. The number of rotatable bonds is 3. The van der Waals surface area contributed by atoms with E-state index in [1.807, 2.05) is 12.1 Å². The number of hydrogen-bond donors (Lipinski definition) is 0. The molecule has 1 atom stereocenters. The van der Waals surface area contributed by atoms with Crippen molar-refractivity contribution >= 4 is 16.9 Å². The van der Waals surface area contributed by atoms with Crippen molar-refractivity contribution in [3.63, 3.8) is 0 Å². The van der Waals surface area contributed by atoms with Crippen LogP contribution in [0.15, 0.2) is 30.3 Å². The van der Waals surface area contributed by atoms with Crippen LogP contribution in [0.3, 0.4) is 0 Å². The lowest BCUT2D eigenvalue weighted by atomic mass is 9.97. The molecule has 0 aliphatic heterocycles. The van der Waals surface area contributed by atoms with Crippen molar-refractivity contribution in [1.29, 1.82) is 0 Å². The molecule has 2 rings (SSSR count). The summed E-state index contributed by atoms with van der Waals surface area (Å²) in [6.07, 6.45) is 1.11. The first kappa shape index (κ1) is 12.6. The Labute approximate surface area is 107 Å². The highest BCUT2D eigenvalue weighted by molar-refractivity contribution is 5.91. The number of nitrogens with zero attached hydrogens (tertiary/aromatic N) is 1. The van der Waals surface area contributed by atoms with Crippen LogP contribution in [0, 0.1) is 0 Å². The zero-order valence-corrected chi connectivity index (χ0v) is 10.9. The van der Waals surface area contributed by atoms with Crippen molar-refractivity contribution in [1.82, 2.24) is 4.98 Å². The van der Waals surface area contributed by atoms with Gasteiger partial charge in [0.25, 0.3) is 0 Å². The lowest BCUT2D eigenvalue weighted by Gasteiger charge is -2.10. The summed E-state index contributed by atoms with van der Waals surface area (Å²) < 4.78 is 4.66. The van der Waals surface area contributed by atoms with Gasteiger partial charge in [-0.05, 0) is 36.1 Å². The van der Waals surface area contributed by atoms with Crippen LogP contribution in [0.4, 0.5) is 0 Å². The fourth-order valence-electron chi connectivity index (χ4n) is 1.90. The van der Waals surface area contributed by atoms with Crippen LogP contribution < -0.4 is 0 Å². The summed E-state index contributed by atoms with van der Waals surface area (Å²) in [5, 5.41) is 1.06. The lowest BCUT2D eigenvalue weighted by Crippen LogP contribution is -2.04. The second kappa shape index (κ2) is 5.17. The predicted octanol–water partition coefficient (Wildman–Crippen LogP) is 3.53. The van der Waals surface area contributed by atoms with Crippen LogP contribution in [0.5, 0.6) is 0 Å². The molecule has 0 N–H and O–H groups in total. The molecule has 2 aromatic rings. The normalized spacial score (nSPS) is 12.4. The van der Waals surface area contributed by atoms with Gasteiger partial charge in [-0.25, -0.2) is 9.78 Å². The highest BCUT2D eigenvalue weighted by Crippen LogP contribution is 2.23. The summed E-state index contributed by atoms with van der Waals surface area (Å²) in [7, 11) is 1.36. The molecule has 1 heterocycles. The third-order valence-electron chi connectivity index (χ3n) is 3.29. The molecule has 94 valence electrons. The van der Waals surface area contributed by atoms with Gasteiger partial charge in [0.1, 0.15) is 5.69 Å². The van der Waals surface area contributed by atoms with Gasteiger partial charge in [0, 0.05) is 5.39 Å². The van der Waals surface area contributed by atoms with Crippen LogP contribution in [-0.2, 0) is 4.74 Å². The average Bonchev–Trinajstić information content (AvgIpc) is 2.44. The molecule has 0 amide bonds. The summed E-state index contributed by atoms with van der Waals surface area (Å²) in [6.45, 7) is 4.38. The topological polar surface area (TPSA) is 39.2 Å². The molecule has 1 aromatic heterocycles. The molecule has 1 aromatic carbocycles. The van der Waals surface area contributed by atoms with E-state index in [0.717, 1.165) is 17.3 Å². The molecular weight excluding hydrogens is 226 g/mol. The smallest absolute Gasteiger partial charge is 0.356 e. The van der Waals surface area contributed by atoms with Gasteiger partial charge in [0.15, 0.2) is 0 Å². The summed E-state index contributed by atoms with van der Waals surface area (Å²) in [6, 6.07) is 9.79. The maximum absolute atomic E-state index is 11.4. The minimum atomic E-state index is -0.400. The number of pyridine rings is 1. The molecule has 3 nitrogen and oxygen atoms in total. The summed E-state index contributed by atoms with van der Waals surface area (Å²) in [5.41, 5.74) is 2.48. The van der Waals surface area contributed by atoms with Crippen molar-refractivity contribution in [3.05, 3.63) is 41.6 Å². The molecule has 0 fully saturated rings. The summed E-state index contributed by atoms with van der Waals surface area (Å²) in [5.74, 6) is 0.137. The summed E-state index contributed by atoms with van der Waals surface area (Å²) >= 11 is 0. The Bertz CT molecular complexity index is 578. The van der Waals surface area contributed by atoms with Crippen molar-refractivity contribution in [3.8, 4) is 0 Å². The zero-order valence-electron chi connectivity index (χ0n) is 10.9. The number of carbonyl (C=O) groups excluding carboxylic acids is 1. The number of aromatic nitrogens is 1. The van der Waals surface area contributed by atoms with Crippen LogP contribution in [0.1, 0.15) is 42.2 Å². The fraction of sp³-hybridized carbons (Fsp3) is 0.333. The van der Waals surface area contributed by atoms with Crippen LogP contribution in [0.25, 0.3) is 10.9 Å². The molecular formula is C15H17NO2. The SMILES string of the molecule is CCC(C)c1ccc2nc(C(=O)OC)ccc2c1. The first-order chi connectivity index (χ1) is 8.65. The van der Waals surface area contributed by atoms with Crippen LogP contribution >= 0.6 is 0 Å². The average molecular weight is 243 g/mol.